The van der Waals surface area contributed by atoms with E-state index in [1.165, 1.54) is 11.1 Å². The summed E-state index contributed by atoms with van der Waals surface area (Å²) in [7, 11) is 0. The highest BCUT2D eigenvalue weighted by atomic mass is 79.9. The molecule has 14 heavy (non-hydrogen) atoms. The lowest BCUT2D eigenvalue weighted by atomic mass is 9.77. The Morgan fingerprint density at radius 3 is 3.00 bits per heavy atom. The largest absolute Gasteiger partial charge is 0.303 e. The molecule has 1 nitrogen and oxygen atoms in total. The molecule has 2 atom stereocenters. The molecule has 0 fully saturated rings. The Morgan fingerprint density at radius 2 is 2.29 bits per heavy atom. The van der Waals surface area contributed by atoms with Gasteiger partial charge >= 0.3 is 0 Å². The summed E-state index contributed by atoms with van der Waals surface area (Å²) in [6, 6.07) is 6.37. The second-order valence-corrected chi connectivity index (χ2v) is 4.89. The van der Waals surface area contributed by atoms with Gasteiger partial charge in [-0.15, -0.1) is 0 Å². The zero-order chi connectivity index (χ0) is 10.1. The van der Waals surface area contributed by atoms with Gasteiger partial charge < -0.3 is 4.79 Å². The molecular formula is C12H13BrO. The number of carbonyl (C=O) groups excluding carboxylic acids is 1. The van der Waals surface area contributed by atoms with Crippen LogP contribution in [0.25, 0.3) is 0 Å². The lowest BCUT2D eigenvalue weighted by molar-refractivity contribution is -0.111. The summed E-state index contributed by atoms with van der Waals surface area (Å²) in [5, 5.41) is 0. The Labute approximate surface area is 92.6 Å². The van der Waals surface area contributed by atoms with Gasteiger partial charge in [-0.2, -0.15) is 0 Å². The molecule has 0 amide bonds. The van der Waals surface area contributed by atoms with E-state index >= 15 is 0 Å². The normalized spacial score (nSPS) is 25.6. The van der Waals surface area contributed by atoms with Crippen LogP contribution in [0.4, 0.5) is 0 Å². The fourth-order valence-corrected chi connectivity index (χ4v) is 2.63. The van der Waals surface area contributed by atoms with Crippen LogP contribution >= 0.6 is 15.9 Å². The van der Waals surface area contributed by atoms with Gasteiger partial charge in [-0.3, -0.25) is 0 Å². The molecule has 2 heteroatoms. The maximum atomic E-state index is 10.8. The second kappa shape index (κ2) is 3.85. The zero-order valence-corrected chi connectivity index (χ0v) is 9.75. The highest BCUT2D eigenvalue weighted by Crippen LogP contribution is 2.35. The summed E-state index contributed by atoms with van der Waals surface area (Å²) in [6.45, 7) is 2.14. The van der Waals surface area contributed by atoms with Crippen LogP contribution in [-0.2, 0) is 11.2 Å². The molecule has 0 saturated carbocycles. The van der Waals surface area contributed by atoms with Crippen molar-refractivity contribution in [2.24, 2.45) is 5.92 Å². The summed E-state index contributed by atoms with van der Waals surface area (Å²) < 4.78 is 1.13. The highest BCUT2D eigenvalue weighted by Gasteiger charge is 2.25. The van der Waals surface area contributed by atoms with Gasteiger partial charge in [-0.05, 0) is 42.0 Å². The number of carbonyl (C=O) groups is 1. The van der Waals surface area contributed by atoms with Crippen molar-refractivity contribution in [2.75, 3.05) is 0 Å². The molecule has 0 aliphatic heterocycles. The molecule has 0 N–H and O–H groups in total. The number of benzene rings is 1. The van der Waals surface area contributed by atoms with Crippen molar-refractivity contribution in [3.63, 3.8) is 0 Å². The third-order valence-corrected chi connectivity index (χ3v) is 3.65. The molecule has 1 aromatic rings. The SMILES string of the molecule is CC1c2ccc(Br)cc2CCC1C=O. The van der Waals surface area contributed by atoms with Crippen LogP contribution < -0.4 is 0 Å². The number of halogens is 1. The number of rotatable bonds is 1. The predicted molar refractivity (Wildman–Crippen MR) is 60.4 cm³/mol. The van der Waals surface area contributed by atoms with Crippen LogP contribution in [0.5, 0.6) is 0 Å². The third-order valence-electron chi connectivity index (χ3n) is 3.16. The topological polar surface area (TPSA) is 17.1 Å². The van der Waals surface area contributed by atoms with Gasteiger partial charge in [0, 0.05) is 10.4 Å². The third kappa shape index (κ3) is 1.63. The summed E-state index contributed by atoms with van der Waals surface area (Å²) >= 11 is 3.47. The molecule has 2 unspecified atom stereocenters. The molecule has 0 heterocycles. The number of hydrogen-bond donors (Lipinski definition) is 0. The molecule has 1 aliphatic carbocycles. The summed E-state index contributed by atoms with van der Waals surface area (Å²) in [4.78, 5) is 10.8. The minimum absolute atomic E-state index is 0.212. The van der Waals surface area contributed by atoms with E-state index in [0.717, 1.165) is 23.6 Å². The van der Waals surface area contributed by atoms with E-state index in [1.807, 2.05) is 0 Å². The highest BCUT2D eigenvalue weighted by molar-refractivity contribution is 9.10. The zero-order valence-electron chi connectivity index (χ0n) is 8.16. The molecule has 74 valence electrons. The van der Waals surface area contributed by atoms with Crippen molar-refractivity contribution < 1.29 is 4.79 Å². The Kier molecular flexibility index (Phi) is 2.73. The number of aldehydes is 1. The summed E-state index contributed by atoms with van der Waals surface area (Å²) in [5.74, 6) is 0.591. The van der Waals surface area contributed by atoms with Crippen LogP contribution in [0, 0.1) is 5.92 Å². The van der Waals surface area contributed by atoms with Crippen molar-refractivity contribution in [3.05, 3.63) is 33.8 Å². The Morgan fingerprint density at radius 1 is 1.50 bits per heavy atom. The molecule has 0 saturated heterocycles. The first-order chi connectivity index (χ1) is 6.72. The van der Waals surface area contributed by atoms with Gasteiger partial charge in [-0.1, -0.05) is 28.9 Å². The maximum absolute atomic E-state index is 10.8. The Bertz CT molecular complexity index is 359. The number of fused-ring (bicyclic) bond motifs is 1. The van der Waals surface area contributed by atoms with E-state index in [2.05, 4.69) is 41.1 Å². The first-order valence-corrected chi connectivity index (χ1v) is 5.75. The second-order valence-electron chi connectivity index (χ2n) is 3.97. The van der Waals surface area contributed by atoms with Crippen molar-refractivity contribution in [2.45, 2.75) is 25.7 Å². The monoisotopic (exact) mass is 252 g/mol. The summed E-state index contributed by atoms with van der Waals surface area (Å²) in [5.41, 5.74) is 2.74. The van der Waals surface area contributed by atoms with E-state index < -0.39 is 0 Å². The Hall–Kier alpha value is -0.630. The van der Waals surface area contributed by atoms with E-state index in [0.29, 0.717) is 5.92 Å². The molecule has 1 aromatic carbocycles. The number of hydrogen-bond acceptors (Lipinski definition) is 1. The lowest BCUT2D eigenvalue weighted by Gasteiger charge is -2.27. The fraction of sp³-hybridized carbons (Fsp3) is 0.417. The van der Waals surface area contributed by atoms with Crippen LogP contribution in [0.3, 0.4) is 0 Å². The smallest absolute Gasteiger partial charge is 0.123 e. The molecular weight excluding hydrogens is 240 g/mol. The molecule has 0 aromatic heterocycles. The van der Waals surface area contributed by atoms with E-state index in [-0.39, 0.29) is 5.92 Å². The van der Waals surface area contributed by atoms with E-state index in [9.17, 15) is 4.79 Å². The van der Waals surface area contributed by atoms with Gasteiger partial charge in [0.05, 0.1) is 0 Å². The average Bonchev–Trinajstić information content (AvgIpc) is 2.18. The predicted octanol–water partition coefficient (Wildman–Crippen LogP) is 3.31. The summed E-state index contributed by atoms with van der Waals surface area (Å²) in [6.07, 6.45) is 3.13. The maximum Gasteiger partial charge on any atom is 0.123 e. The van der Waals surface area contributed by atoms with Crippen LogP contribution in [0.2, 0.25) is 0 Å². The number of aryl methyl sites for hydroxylation is 1. The first kappa shape index (κ1) is 9.91. The quantitative estimate of drug-likeness (QED) is 0.702. The lowest BCUT2D eigenvalue weighted by Crippen LogP contribution is -2.19. The van der Waals surface area contributed by atoms with Crippen LogP contribution in [0.15, 0.2) is 22.7 Å². The standard InChI is InChI=1S/C12H13BrO/c1-8-10(7-14)3-2-9-6-11(13)4-5-12(8)9/h4-8,10H,2-3H2,1H3. The molecule has 0 bridgehead atoms. The van der Waals surface area contributed by atoms with Crippen molar-refractivity contribution in [1.82, 2.24) is 0 Å². The van der Waals surface area contributed by atoms with Crippen molar-refractivity contribution >= 4 is 22.2 Å². The van der Waals surface area contributed by atoms with Crippen LogP contribution in [-0.4, -0.2) is 6.29 Å². The average molecular weight is 253 g/mol. The van der Waals surface area contributed by atoms with Crippen molar-refractivity contribution in [3.8, 4) is 0 Å². The van der Waals surface area contributed by atoms with Gasteiger partial charge in [-0.25, -0.2) is 0 Å². The Balaban J connectivity index is 2.40. The van der Waals surface area contributed by atoms with Gasteiger partial charge in [0.2, 0.25) is 0 Å². The minimum atomic E-state index is 0.212. The molecule has 0 radical (unpaired) electrons. The molecule has 2 rings (SSSR count). The minimum Gasteiger partial charge on any atom is -0.303 e. The van der Waals surface area contributed by atoms with Crippen molar-refractivity contribution in [1.29, 1.82) is 0 Å². The first-order valence-electron chi connectivity index (χ1n) is 4.96. The molecule has 0 spiro atoms. The van der Waals surface area contributed by atoms with Gasteiger partial charge in [0.1, 0.15) is 6.29 Å². The van der Waals surface area contributed by atoms with E-state index in [1.54, 1.807) is 0 Å². The van der Waals surface area contributed by atoms with Crippen LogP contribution in [0.1, 0.15) is 30.4 Å². The molecule has 1 aliphatic rings. The van der Waals surface area contributed by atoms with E-state index in [4.69, 9.17) is 0 Å². The van der Waals surface area contributed by atoms with Gasteiger partial charge in [0.15, 0.2) is 0 Å². The fourth-order valence-electron chi connectivity index (χ4n) is 2.22. The van der Waals surface area contributed by atoms with Gasteiger partial charge in [0.25, 0.3) is 0 Å².